The molecule has 1 aromatic rings. The predicted molar refractivity (Wildman–Crippen MR) is 83.5 cm³/mol. The zero-order chi connectivity index (χ0) is 14.5. The zero-order valence-electron chi connectivity index (χ0n) is 13.5. The quantitative estimate of drug-likeness (QED) is 0.805. The fourth-order valence-corrected chi connectivity index (χ4v) is 3.29. The zero-order valence-corrected chi connectivity index (χ0v) is 13.5. The molecule has 2 rings (SSSR count). The Morgan fingerprint density at radius 3 is 2.90 bits per heavy atom. The van der Waals surface area contributed by atoms with E-state index in [4.69, 9.17) is 4.42 Å². The van der Waals surface area contributed by atoms with Gasteiger partial charge < -0.3 is 9.73 Å². The number of nitrogens with one attached hydrogen (secondary N) is 1. The monoisotopic (exact) mass is 278 g/mol. The Morgan fingerprint density at radius 2 is 2.15 bits per heavy atom. The highest BCUT2D eigenvalue weighted by Crippen LogP contribution is 2.28. The van der Waals surface area contributed by atoms with Crippen molar-refractivity contribution in [3.05, 3.63) is 23.7 Å². The van der Waals surface area contributed by atoms with Gasteiger partial charge in [0.2, 0.25) is 0 Å². The number of hydrogen-bond acceptors (Lipinski definition) is 3. The minimum Gasteiger partial charge on any atom is -0.468 e. The van der Waals surface area contributed by atoms with E-state index in [0.29, 0.717) is 6.04 Å². The normalized spacial score (nSPS) is 27.9. The van der Waals surface area contributed by atoms with Crippen molar-refractivity contribution in [1.82, 2.24) is 10.2 Å². The Labute approximate surface area is 123 Å². The van der Waals surface area contributed by atoms with Gasteiger partial charge in [-0.1, -0.05) is 20.8 Å². The van der Waals surface area contributed by atoms with Crippen molar-refractivity contribution in [2.24, 2.45) is 11.8 Å². The van der Waals surface area contributed by atoms with E-state index >= 15 is 0 Å². The number of nitrogens with zero attached hydrogens (tertiary/aromatic N) is 1. The number of furan rings is 1. The van der Waals surface area contributed by atoms with Gasteiger partial charge >= 0.3 is 0 Å². The standard InChI is InChI=1S/C17H30N2O/c1-5-7-18-10-16-6-8-20-17(16)12-19-11-13(2)9-14(3)15(19)4/h6,8,13-15,18H,5,7,9-12H2,1-4H3. The van der Waals surface area contributed by atoms with Gasteiger partial charge in [0, 0.05) is 24.7 Å². The van der Waals surface area contributed by atoms with Crippen LogP contribution in [0.1, 0.15) is 51.9 Å². The second-order valence-corrected chi connectivity index (χ2v) is 6.53. The van der Waals surface area contributed by atoms with Crippen LogP contribution in [0.15, 0.2) is 16.7 Å². The van der Waals surface area contributed by atoms with Crippen molar-refractivity contribution in [2.75, 3.05) is 13.1 Å². The molecule has 2 heterocycles. The minimum absolute atomic E-state index is 0.646. The Balaban J connectivity index is 1.96. The summed E-state index contributed by atoms with van der Waals surface area (Å²) in [7, 11) is 0. The third-order valence-electron chi connectivity index (χ3n) is 4.65. The highest BCUT2D eigenvalue weighted by molar-refractivity contribution is 5.17. The summed E-state index contributed by atoms with van der Waals surface area (Å²) >= 11 is 0. The van der Waals surface area contributed by atoms with Crippen LogP contribution in [-0.4, -0.2) is 24.0 Å². The van der Waals surface area contributed by atoms with E-state index in [0.717, 1.165) is 37.2 Å². The van der Waals surface area contributed by atoms with E-state index in [-0.39, 0.29) is 0 Å². The Hall–Kier alpha value is -0.800. The van der Waals surface area contributed by atoms with Gasteiger partial charge in [-0.3, -0.25) is 4.90 Å². The lowest BCUT2D eigenvalue weighted by Gasteiger charge is -2.40. The highest BCUT2D eigenvalue weighted by atomic mass is 16.3. The predicted octanol–water partition coefficient (Wildman–Crippen LogP) is 3.65. The van der Waals surface area contributed by atoms with Crippen LogP contribution in [0.2, 0.25) is 0 Å². The summed E-state index contributed by atoms with van der Waals surface area (Å²) in [4.78, 5) is 2.58. The molecule has 0 aliphatic carbocycles. The molecule has 0 aromatic carbocycles. The number of piperidine rings is 1. The molecule has 3 nitrogen and oxygen atoms in total. The molecule has 3 atom stereocenters. The van der Waals surface area contributed by atoms with Crippen molar-refractivity contribution in [1.29, 1.82) is 0 Å². The fourth-order valence-electron chi connectivity index (χ4n) is 3.29. The summed E-state index contributed by atoms with van der Waals surface area (Å²) in [5, 5.41) is 3.47. The smallest absolute Gasteiger partial charge is 0.122 e. The minimum atomic E-state index is 0.646. The van der Waals surface area contributed by atoms with Gasteiger partial charge in [-0.25, -0.2) is 0 Å². The van der Waals surface area contributed by atoms with Crippen LogP contribution in [-0.2, 0) is 13.1 Å². The summed E-state index contributed by atoms with van der Waals surface area (Å²) in [5.74, 6) is 2.70. The summed E-state index contributed by atoms with van der Waals surface area (Å²) in [6.07, 6.45) is 4.35. The average Bonchev–Trinajstić information content (AvgIpc) is 2.83. The average molecular weight is 278 g/mol. The van der Waals surface area contributed by atoms with Gasteiger partial charge in [-0.2, -0.15) is 0 Å². The maximum atomic E-state index is 5.74. The Kier molecular flexibility index (Phi) is 5.67. The number of rotatable bonds is 6. The lowest BCUT2D eigenvalue weighted by Crippen LogP contribution is -2.45. The number of likely N-dealkylation sites (tertiary alicyclic amines) is 1. The van der Waals surface area contributed by atoms with Gasteiger partial charge in [0.05, 0.1) is 12.8 Å². The van der Waals surface area contributed by atoms with E-state index in [2.05, 4.69) is 44.0 Å². The molecule has 0 amide bonds. The van der Waals surface area contributed by atoms with Gasteiger partial charge in [-0.15, -0.1) is 0 Å². The molecule has 114 valence electrons. The van der Waals surface area contributed by atoms with Gasteiger partial charge in [0.25, 0.3) is 0 Å². The van der Waals surface area contributed by atoms with E-state index in [1.54, 1.807) is 0 Å². The molecule has 20 heavy (non-hydrogen) atoms. The van der Waals surface area contributed by atoms with Crippen molar-refractivity contribution in [3.63, 3.8) is 0 Å². The molecular weight excluding hydrogens is 248 g/mol. The van der Waals surface area contributed by atoms with Gasteiger partial charge in [0.1, 0.15) is 5.76 Å². The molecule has 1 aromatic heterocycles. The molecule has 1 aliphatic heterocycles. The van der Waals surface area contributed by atoms with Crippen LogP contribution in [0.5, 0.6) is 0 Å². The van der Waals surface area contributed by atoms with Gasteiger partial charge in [-0.05, 0) is 44.2 Å². The van der Waals surface area contributed by atoms with Gasteiger partial charge in [0.15, 0.2) is 0 Å². The first-order chi connectivity index (χ1) is 9.61. The lowest BCUT2D eigenvalue weighted by molar-refractivity contribution is 0.0665. The van der Waals surface area contributed by atoms with Crippen LogP contribution >= 0.6 is 0 Å². The van der Waals surface area contributed by atoms with Crippen LogP contribution in [0.3, 0.4) is 0 Å². The third kappa shape index (κ3) is 3.86. The first kappa shape index (κ1) is 15.6. The van der Waals surface area contributed by atoms with Crippen LogP contribution in [0.4, 0.5) is 0 Å². The van der Waals surface area contributed by atoms with Crippen molar-refractivity contribution < 1.29 is 4.42 Å². The highest BCUT2D eigenvalue weighted by Gasteiger charge is 2.29. The van der Waals surface area contributed by atoms with E-state index in [1.165, 1.54) is 24.9 Å². The van der Waals surface area contributed by atoms with E-state index in [9.17, 15) is 0 Å². The molecule has 3 heteroatoms. The van der Waals surface area contributed by atoms with Crippen molar-refractivity contribution in [3.8, 4) is 0 Å². The first-order valence-corrected chi connectivity index (χ1v) is 8.11. The number of hydrogen-bond donors (Lipinski definition) is 1. The van der Waals surface area contributed by atoms with Crippen molar-refractivity contribution in [2.45, 2.75) is 59.7 Å². The molecule has 0 spiro atoms. The summed E-state index contributed by atoms with van der Waals surface area (Å²) in [6, 6.07) is 2.76. The molecule has 1 aliphatic rings. The summed E-state index contributed by atoms with van der Waals surface area (Å²) in [6.45, 7) is 13.4. The molecular formula is C17H30N2O. The topological polar surface area (TPSA) is 28.4 Å². The Morgan fingerprint density at radius 1 is 1.35 bits per heavy atom. The molecule has 1 fully saturated rings. The second-order valence-electron chi connectivity index (χ2n) is 6.53. The molecule has 0 bridgehead atoms. The Bertz CT molecular complexity index is 401. The molecule has 0 saturated carbocycles. The van der Waals surface area contributed by atoms with E-state index < -0.39 is 0 Å². The molecule has 1 N–H and O–H groups in total. The summed E-state index contributed by atoms with van der Waals surface area (Å²) in [5.41, 5.74) is 1.32. The fraction of sp³-hybridized carbons (Fsp3) is 0.765. The van der Waals surface area contributed by atoms with Crippen molar-refractivity contribution >= 4 is 0 Å². The SMILES string of the molecule is CCCNCc1ccoc1CN1CC(C)CC(C)C1C. The molecule has 3 unspecified atom stereocenters. The van der Waals surface area contributed by atoms with Crippen LogP contribution in [0.25, 0.3) is 0 Å². The second kappa shape index (κ2) is 7.28. The maximum Gasteiger partial charge on any atom is 0.122 e. The molecule has 1 saturated heterocycles. The third-order valence-corrected chi connectivity index (χ3v) is 4.65. The van der Waals surface area contributed by atoms with Crippen LogP contribution in [0, 0.1) is 11.8 Å². The summed E-state index contributed by atoms with van der Waals surface area (Å²) < 4.78 is 5.74. The maximum absolute atomic E-state index is 5.74. The lowest BCUT2D eigenvalue weighted by atomic mass is 9.86. The van der Waals surface area contributed by atoms with E-state index in [1.807, 2.05) is 6.26 Å². The molecule has 0 radical (unpaired) electrons. The largest absolute Gasteiger partial charge is 0.468 e. The van der Waals surface area contributed by atoms with Crippen LogP contribution < -0.4 is 5.32 Å². The first-order valence-electron chi connectivity index (χ1n) is 8.11.